The second kappa shape index (κ2) is 5.23. The first-order valence-electron chi connectivity index (χ1n) is 5.75. The Hall–Kier alpha value is -1.52. The molecule has 2 aromatic rings. The largest absolute Gasteiger partial charge is 0.279 e. The second-order valence-corrected chi connectivity index (χ2v) is 6.36. The lowest BCUT2D eigenvalue weighted by atomic mass is 10.1. The van der Waals surface area contributed by atoms with Crippen LogP contribution in [-0.2, 0) is 10.0 Å². The van der Waals surface area contributed by atoms with E-state index in [1.807, 2.05) is 32.0 Å². The summed E-state index contributed by atoms with van der Waals surface area (Å²) in [5.74, 6) is 0. The van der Waals surface area contributed by atoms with Crippen molar-refractivity contribution in [2.75, 3.05) is 4.72 Å². The molecule has 0 aliphatic carbocycles. The zero-order valence-electron chi connectivity index (χ0n) is 10.6. The third-order valence-corrected chi connectivity index (χ3v) is 4.69. The molecule has 2 rings (SSSR count). The second-order valence-electron chi connectivity index (χ2n) is 4.30. The molecule has 5 heteroatoms. The quantitative estimate of drug-likeness (QED) is 0.937. The van der Waals surface area contributed by atoms with E-state index < -0.39 is 10.0 Å². The molecule has 0 radical (unpaired) electrons. The van der Waals surface area contributed by atoms with Crippen molar-refractivity contribution >= 4 is 27.3 Å². The van der Waals surface area contributed by atoms with Crippen molar-refractivity contribution < 1.29 is 8.42 Å². The van der Waals surface area contributed by atoms with E-state index in [0.29, 0.717) is 5.69 Å². The van der Waals surface area contributed by atoms with Gasteiger partial charge in [0.2, 0.25) is 0 Å². The Morgan fingerprint density at radius 3 is 2.11 bits per heavy atom. The predicted molar refractivity (Wildman–Crippen MR) is 78.2 cm³/mol. The molecule has 0 bridgehead atoms. The molecule has 0 aliphatic rings. The summed E-state index contributed by atoms with van der Waals surface area (Å²) in [5.41, 5.74) is 2.34. The van der Waals surface area contributed by atoms with Gasteiger partial charge in [-0.2, -0.15) is 0 Å². The fraction of sp³-hybridized carbons (Fsp3) is 0.143. The highest BCUT2D eigenvalue weighted by Crippen LogP contribution is 2.26. The van der Waals surface area contributed by atoms with Gasteiger partial charge in [-0.05, 0) is 37.1 Å². The number of nitrogens with one attached hydrogen (secondary N) is 1. The highest BCUT2D eigenvalue weighted by atomic mass is 35.5. The first-order chi connectivity index (χ1) is 8.92. The number of hydrogen-bond acceptors (Lipinski definition) is 2. The molecular formula is C14H14ClNO2S. The van der Waals surface area contributed by atoms with Crippen molar-refractivity contribution in [1.29, 1.82) is 0 Å². The van der Waals surface area contributed by atoms with Gasteiger partial charge < -0.3 is 0 Å². The van der Waals surface area contributed by atoms with E-state index >= 15 is 0 Å². The maximum Gasteiger partial charge on any atom is 0.263 e. The van der Waals surface area contributed by atoms with Gasteiger partial charge in [-0.15, -0.1) is 0 Å². The first-order valence-corrected chi connectivity index (χ1v) is 7.61. The Bertz CT molecular complexity index is 691. The standard InChI is InChI=1S/C14H14ClNO2S/c1-10-6-5-7-11(2)14(10)16-19(17,18)13-9-4-3-8-12(13)15/h3-9,16H,1-2H3. The highest BCUT2D eigenvalue weighted by molar-refractivity contribution is 7.92. The van der Waals surface area contributed by atoms with Crippen molar-refractivity contribution in [2.24, 2.45) is 0 Å². The number of anilines is 1. The summed E-state index contributed by atoms with van der Waals surface area (Å²) in [7, 11) is -3.67. The third-order valence-electron chi connectivity index (χ3n) is 2.84. The molecule has 2 aromatic carbocycles. The minimum absolute atomic E-state index is 0.0827. The molecule has 0 amide bonds. The first kappa shape index (κ1) is 13.9. The third kappa shape index (κ3) is 2.91. The van der Waals surface area contributed by atoms with Crippen LogP contribution in [0, 0.1) is 13.8 Å². The Morgan fingerprint density at radius 2 is 1.53 bits per heavy atom. The summed E-state index contributed by atoms with van der Waals surface area (Å²) in [6.07, 6.45) is 0. The summed E-state index contributed by atoms with van der Waals surface area (Å²) in [5, 5.41) is 0.209. The lowest BCUT2D eigenvalue weighted by molar-refractivity contribution is 0.601. The van der Waals surface area contributed by atoms with E-state index in [1.165, 1.54) is 6.07 Å². The molecule has 0 unspecified atom stereocenters. The van der Waals surface area contributed by atoms with Crippen LogP contribution in [-0.4, -0.2) is 8.42 Å². The van der Waals surface area contributed by atoms with E-state index in [9.17, 15) is 8.42 Å². The van der Waals surface area contributed by atoms with E-state index in [4.69, 9.17) is 11.6 Å². The smallest absolute Gasteiger partial charge is 0.263 e. The topological polar surface area (TPSA) is 46.2 Å². The zero-order valence-corrected chi connectivity index (χ0v) is 12.2. The zero-order chi connectivity index (χ0) is 14.0. The van der Waals surface area contributed by atoms with Crippen LogP contribution in [0.5, 0.6) is 0 Å². The molecule has 0 saturated carbocycles. The molecule has 0 aliphatic heterocycles. The normalized spacial score (nSPS) is 11.3. The molecule has 0 atom stereocenters. The van der Waals surface area contributed by atoms with E-state index in [-0.39, 0.29) is 9.92 Å². The molecule has 0 heterocycles. The van der Waals surface area contributed by atoms with Gasteiger partial charge in [0.1, 0.15) is 4.90 Å². The average Bonchev–Trinajstić information content (AvgIpc) is 2.34. The summed E-state index contributed by atoms with van der Waals surface area (Å²) in [6, 6.07) is 12.0. The number of halogens is 1. The van der Waals surface area contributed by atoms with Crippen LogP contribution >= 0.6 is 11.6 Å². The van der Waals surface area contributed by atoms with Crippen LogP contribution in [0.4, 0.5) is 5.69 Å². The lowest BCUT2D eigenvalue weighted by Gasteiger charge is -2.13. The van der Waals surface area contributed by atoms with Gasteiger partial charge in [0.05, 0.1) is 10.7 Å². The maximum absolute atomic E-state index is 12.3. The summed E-state index contributed by atoms with van der Waals surface area (Å²) in [6.45, 7) is 3.72. The van der Waals surface area contributed by atoms with E-state index in [1.54, 1.807) is 18.2 Å². The Kier molecular flexibility index (Phi) is 3.83. The number of rotatable bonds is 3. The minimum atomic E-state index is -3.67. The maximum atomic E-state index is 12.3. The van der Waals surface area contributed by atoms with E-state index in [2.05, 4.69) is 4.72 Å². The van der Waals surface area contributed by atoms with Gasteiger partial charge in [-0.1, -0.05) is 41.9 Å². The van der Waals surface area contributed by atoms with Crippen molar-refractivity contribution in [1.82, 2.24) is 0 Å². The molecular weight excluding hydrogens is 282 g/mol. The fourth-order valence-corrected chi connectivity index (χ4v) is 3.55. The average molecular weight is 296 g/mol. The number of para-hydroxylation sites is 1. The van der Waals surface area contributed by atoms with Crippen molar-refractivity contribution in [3.63, 3.8) is 0 Å². The monoisotopic (exact) mass is 295 g/mol. The molecule has 3 nitrogen and oxygen atoms in total. The van der Waals surface area contributed by atoms with Crippen LogP contribution < -0.4 is 4.72 Å². The SMILES string of the molecule is Cc1cccc(C)c1NS(=O)(=O)c1ccccc1Cl. The van der Waals surface area contributed by atoms with Crippen LogP contribution in [0.15, 0.2) is 47.4 Å². The number of sulfonamides is 1. The van der Waals surface area contributed by atoms with Gasteiger partial charge in [0.15, 0.2) is 0 Å². The molecule has 19 heavy (non-hydrogen) atoms. The summed E-state index contributed by atoms with van der Waals surface area (Å²) < 4.78 is 27.3. The predicted octanol–water partition coefficient (Wildman–Crippen LogP) is 3.76. The van der Waals surface area contributed by atoms with Crippen molar-refractivity contribution in [2.45, 2.75) is 18.7 Å². The molecule has 1 N–H and O–H groups in total. The van der Waals surface area contributed by atoms with Crippen molar-refractivity contribution in [3.8, 4) is 0 Å². The summed E-state index contributed by atoms with van der Waals surface area (Å²) in [4.78, 5) is 0.0827. The Morgan fingerprint density at radius 1 is 0.947 bits per heavy atom. The van der Waals surface area contributed by atoms with Crippen molar-refractivity contribution in [3.05, 3.63) is 58.6 Å². The number of benzene rings is 2. The van der Waals surface area contributed by atoms with Gasteiger partial charge in [-0.25, -0.2) is 8.42 Å². The van der Waals surface area contributed by atoms with E-state index in [0.717, 1.165) is 11.1 Å². The Balaban J connectivity index is 2.46. The molecule has 0 spiro atoms. The number of hydrogen-bond donors (Lipinski definition) is 1. The van der Waals surface area contributed by atoms with Gasteiger partial charge in [0, 0.05) is 0 Å². The van der Waals surface area contributed by atoms with Gasteiger partial charge in [0.25, 0.3) is 10.0 Å². The fourth-order valence-electron chi connectivity index (χ4n) is 1.83. The van der Waals surface area contributed by atoms with Gasteiger partial charge >= 0.3 is 0 Å². The lowest BCUT2D eigenvalue weighted by Crippen LogP contribution is -2.15. The molecule has 100 valence electrons. The minimum Gasteiger partial charge on any atom is -0.279 e. The summed E-state index contributed by atoms with van der Waals surface area (Å²) >= 11 is 5.94. The van der Waals surface area contributed by atoms with Crippen LogP contribution in [0.2, 0.25) is 5.02 Å². The molecule has 0 fully saturated rings. The highest BCUT2D eigenvalue weighted by Gasteiger charge is 2.18. The van der Waals surface area contributed by atoms with Crippen LogP contribution in [0.25, 0.3) is 0 Å². The van der Waals surface area contributed by atoms with Crippen LogP contribution in [0.1, 0.15) is 11.1 Å². The number of aryl methyl sites for hydroxylation is 2. The van der Waals surface area contributed by atoms with Crippen LogP contribution in [0.3, 0.4) is 0 Å². The Labute approximate surface area is 118 Å². The molecule has 0 saturated heterocycles. The van der Waals surface area contributed by atoms with Gasteiger partial charge in [-0.3, -0.25) is 4.72 Å². The molecule has 0 aromatic heterocycles.